The third kappa shape index (κ3) is 2.25. The summed E-state index contributed by atoms with van der Waals surface area (Å²) >= 11 is 4.96. The van der Waals surface area contributed by atoms with E-state index in [2.05, 4.69) is 10.2 Å². The van der Waals surface area contributed by atoms with Crippen molar-refractivity contribution < 1.29 is 0 Å². The van der Waals surface area contributed by atoms with Crippen LogP contribution in [0.15, 0.2) is 11.2 Å². The molecule has 2 heteroatoms. The van der Waals surface area contributed by atoms with E-state index in [1.807, 2.05) is 0 Å². The summed E-state index contributed by atoms with van der Waals surface area (Å²) in [4.78, 5) is 0. The average molecular weight is 89.6 g/mol. The van der Waals surface area contributed by atoms with Crippen molar-refractivity contribution in [2.75, 3.05) is 0 Å². The van der Waals surface area contributed by atoms with Crippen molar-refractivity contribution in [3.63, 3.8) is 0 Å². The number of hydrogen-bond acceptors (Lipinski definition) is 0. The second-order valence-electron chi connectivity index (χ2n) is 0.293. The molecule has 0 bridgehead atoms. The van der Waals surface area contributed by atoms with E-state index in [9.17, 15) is 0 Å². The second-order valence-corrected chi connectivity index (χ2v) is 0.878. The first-order valence-electron chi connectivity index (χ1n) is 0.840. The van der Waals surface area contributed by atoms with Crippen LogP contribution in [0.2, 0.25) is 0 Å². The lowest BCUT2D eigenvalue weighted by atomic mass is 11.3. The third-order valence-corrected chi connectivity index (χ3v) is 0.567. The fourth-order valence-electron chi connectivity index (χ4n) is 0. The van der Waals surface area contributed by atoms with Crippen molar-refractivity contribution in [2.45, 2.75) is 0 Å². The molecular formula is C2H2ClSi. The lowest BCUT2D eigenvalue weighted by molar-refractivity contribution is 2.50. The van der Waals surface area contributed by atoms with Gasteiger partial charge in [-0.2, -0.15) is 0 Å². The molecule has 0 saturated heterocycles. The van der Waals surface area contributed by atoms with Gasteiger partial charge in [-0.25, -0.2) is 0 Å². The van der Waals surface area contributed by atoms with E-state index in [-0.39, 0.29) is 0 Å². The van der Waals surface area contributed by atoms with Gasteiger partial charge < -0.3 is 0 Å². The summed E-state index contributed by atoms with van der Waals surface area (Å²) < 4.78 is 0. The molecule has 0 aliphatic heterocycles. The predicted octanol–water partition coefficient (Wildman–Crippen LogP) is 0.865. The molecule has 0 aromatic carbocycles. The normalized spacial score (nSPS) is 9.50. The molecule has 4 heavy (non-hydrogen) atoms. The Morgan fingerprint density at radius 3 is 2.00 bits per heavy atom. The van der Waals surface area contributed by atoms with Crippen LogP contribution in [0.1, 0.15) is 0 Å². The van der Waals surface area contributed by atoms with Crippen LogP contribution in [0.25, 0.3) is 0 Å². The number of rotatable bonds is 0. The maximum Gasteiger partial charge on any atom is 0.0613 e. The van der Waals surface area contributed by atoms with Gasteiger partial charge in [0.15, 0.2) is 0 Å². The summed E-state index contributed by atoms with van der Waals surface area (Å²) in [6.07, 6.45) is 0. The predicted molar refractivity (Wildman–Crippen MR) is 20.7 cm³/mol. The van der Waals surface area contributed by atoms with E-state index in [4.69, 9.17) is 11.6 Å². The van der Waals surface area contributed by atoms with E-state index in [1.165, 1.54) is 5.54 Å². The Hall–Kier alpha value is 0.247. The molecule has 21 valence electrons. The Kier molecular flexibility index (Phi) is 3.45. The molecule has 0 fully saturated rings. The molecule has 0 aromatic heterocycles. The summed E-state index contributed by atoms with van der Waals surface area (Å²) in [6.45, 7) is 0. The first-order valence-corrected chi connectivity index (χ1v) is 1.85. The SMILES string of the molecule is [Si]C=CCl. The van der Waals surface area contributed by atoms with Gasteiger partial charge in [0.25, 0.3) is 0 Å². The lowest BCUT2D eigenvalue weighted by Gasteiger charge is -1.45. The van der Waals surface area contributed by atoms with Gasteiger partial charge in [-0.1, -0.05) is 17.3 Å². The molecule has 0 rings (SSSR count). The largest absolute Gasteiger partial charge is 0.0937 e. The van der Waals surface area contributed by atoms with E-state index in [0.29, 0.717) is 0 Å². The zero-order valence-electron chi connectivity index (χ0n) is 2.03. The summed E-state index contributed by atoms with van der Waals surface area (Å²) in [5, 5.41) is 0. The molecule has 0 aliphatic carbocycles. The van der Waals surface area contributed by atoms with Gasteiger partial charge in [-0.3, -0.25) is 0 Å². The van der Waals surface area contributed by atoms with Gasteiger partial charge in [0.05, 0.1) is 10.2 Å². The van der Waals surface area contributed by atoms with Crippen molar-refractivity contribution in [2.24, 2.45) is 0 Å². The highest BCUT2D eigenvalue weighted by Crippen LogP contribution is 1.67. The van der Waals surface area contributed by atoms with Crippen molar-refractivity contribution in [3.8, 4) is 0 Å². The summed E-state index contributed by atoms with van der Waals surface area (Å²) in [6, 6.07) is 0. The molecule has 0 unspecified atom stereocenters. The third-order valence-electron chi connectivity index (χ3n) is 0.0630. The van der Waals surface area contributed by atoms with E-state index in [1.54, 1.807) is 5.70 Å². The van der Waals surface area contributed by atoms with Crippen molar-refractivity contribution >= 4 is 21.8 Å². The Bertz CT molecular complexity index is 21.2. The van der Waals surface area contributed by atoms with Crippen molar-refractivity contribution in [1.82, 2.24) is 0 Å². The second kappa shape index (κ2) is 3.25. The van der Waals surface area contributed by atoms with Gasteiger partial charge in [0.2, 0.25) is 0 Å². The molecule has 0 spiro atoms. The minimum absolute atomic E-state index is 1.39. The van der Waals surface area contributed by atoms with Crippen LogP contribution in [0.3, 0.4) is 0 Å². The number of hydrogen-bond donors (Lipinski definition) is 0. The van der Waals surface area contributed by atoms with E-state index in [0.717, 1.165) is 0 Å². The summed E-state index contributed by atoms with van der Waals surface area (Å²) in [5.41, 5.74) is 2.96. The average Bonchev–Trinajstić information content (AvgIpc) is 1.37. The Balaban J connectivity index is 2.55. The monoisotopic (exact) mass is 89.0 g/mol. The van der Waals surface area contributed by atoms with Crippen LogP contribution in [0.4, 0.5) is 0 Å². The first kappa shape index (κ1) is 4.25. The molecule has 0 atom stereocenters. The molecule has 0 nitrogen and oxygen atoms in total. The smallest absolute Gasteiger partial charge is 0.0613 e. The molecule has 3 radical (unpaired) electrons. The quantitative estimate of drug-likeness (QED) is 0.386. The molecule has 0 aliphatic rings. The van der Waals surface area contributed by atoms with Crippen LogP contribution in [-0.4, -0.2) is 10.2 Å². The van der Waals surface area contributed by atoms with Crippen LogP contribution < -0.4 is 0 Å². The Morgan fingerprint density at radius 2 is 2.00 bits per heavy atom. The highest BCUT2D eigenvalue weighted by atomic mass is 35.5. The van der Waals surface area contributed by atoms with Gasteiger partial charge in [-0.15, -0.1) is 0 Å². The molecule has 0 saturated carbocycles. The van der Waals surface area contributed by atoms with Crippen LogP contribution in [0, 0.1) is 0 Å². The maximum atomic E-state index is 4.96. The van der Waals surface area contributed by atoms with Crippen LogP contribution in [-0.2, 0) is 0 Å². The molecular weight excluding hydrogens is 87.6 g/mol. The van der Waals surface area contributed by atoms with Crippen LogP contribution in [0.5, 0.6) is 0 Å². The Labute approximate surface area is 33.9 Å². The fourth-order valence-corrected chi connectivity index (χ4v) is 0. The van der Waals surface area contributed by atoms with Crippen molar-refractivity contribution in [1.29, 1.82) is 0 Å². The van der Waals surface area contributed by atoms with E-state index >= 15 is 0 Å². The highest BCUT2D eigenvalue weighted by Gasteiger charge is 1.38. The summed E-state index contributed by atoms with van der Waals surface area (Å²) in [5.74, 6) is 0. The van der Waals surface area contributed by atoms with Gasteiger partial charge in [0, 0.05) is 0 Å². The molecule has 0 heterocycles. The zero-order chi connectivity index (χ0) is 3.41. The number of halogens is 1. The lowest BCUT2D eigenvalue weighted by Crippen LogP contribution is -1.36. The molecule has 0 amide bonds. The van der Waals surface area contributed by atoms with Gasteiger partial charge in [0.1, 0.15) is 0 Å². The van der Waals surface area contributed by atoms with Crippen molar-refractivity contribution in [3.05, 3.63) is 11.2 Å². The van der Waals surface area contributed by atoms with Gasteiger partial charge in [-0.05, 0) is 5.54 Å². The molecule has 0 N–H and O–H groups in total. The standard InChI is InChI=1S/C2H2ClSi/c3-1-2-4/h1-2H. The summed E-state index contributed by atoms with van der Waals surface area (Å²) in [7, 11) is 2.98. The minimum Gasteiger partial charge on any atom is -0.0937 e. The fraction of sp³-hybridized carbons (Fsp3) is 0. The highest BCUT2D eigenvalue weighted by molar-refractivity contribution is 6.30. The zero-order valence-corrected chi connectivity index (χ0v) is 3.79. The topological polar surface area (TPSA) is 0 Å². The van der Waals surface area contributed by atoms with Gasteiger partial charge >= 0.3 is 0 Å². The maximum absolute atomic E-state index is 4.96. The first-order chi connectivity index (χ1) is 1.91. The van der Waals surface area contributed by atoms with E-state index < -0.39 is 0 Å². The van der Waals surface area contributed by atoms with Crippen LogP contribution >= 0.6 is 11.6 Å². The minimum atomic E-state index is 1.39. The molecule has 0 aromatic rings. The Morgan fingerprint density at radius 1 is 1.75 bits per heavy atom.